The maximum absolute atomic E-state index is 11.9. The summed E-state index contributed by atoms with van der Waals surface area (Å²) >= 11 is 0. The van der Waals surface area contributed by atoms with Gasteiger partial charge in [0.1, 0.15) is 5.84 Å². The Morgan fingerprint density at radius 1 is 1.56 bits per heavy atom. The summed E-state index contributed by atoms with van der Waals surface area (Å²) in [5.74, 6) is 0.318. The number of nitrogens with zero attached hydrogens (tertiary/aromatic N) is 1. The number of unbranched alkanes of at least 4 members (excludes halogenated alkanes) is 1. The monoisotopic (exact) mass is 257 g/mol. The molecule has 0 aliphatic carbocycles. The standard InChI is InChI=1S/C12H23N3O3/c1-2-10-9(6-8-18-10)12(16)14-7-4-3-5-11(13)15-17/h9-10,17H,2-8H2,1H3,(H2,13,15)(H,14,16). The summed E-state index contributed by atoms with van der Waals surface area (Å²) in [5.41, 5.74) is 5.35. The molecule has 2 atom stereocenters. The van der Waals surface area contributed by atoms with E-state index in [1.54, 1.807) is 0 Å². The molecule has 0 radical (unpaired) electrons. The summed E-state index contributed by atoms with van der Waals surface area (Å²) in [6, 6.07) is 0. The molecule has 0 aromatic heterocycles. The molecule has 1 aliphatic rings. The lowest BCUT2D eigenvalue weighted by Gasteiger charge is -2.16. The van der Waals surface area contributed by atoms with Gasteiger partial charge in [0.15, 0.2) is 0 Å². The van der Waals surface area contributed by atoms with Crippen molar-refractivity contribution in [3.63, 3.8) is 0 Å². The molecular formula is C12H23N3O3. The van der Waals surface area contributed by atoms with E-state index in [0.29, 0.717) is 19.6 Å². The Morgan fingerprint density at radius 2 is 2.33 bits per heavy atom. The molecular weight excluding hydrogens is 234 g/mol. The number of ether oxygens (including phenoxy) is 1. The van der Waals surface area contributed by atoms with Gasteiger partial charge < -0.3 is 21.0 Å². The quantitative estimate of drug-likeness (QED) is 0.207. The summed E-state index contributed by atoms with van der Waals surface area (Å²) in [4.78, 5) is 11.9. The third-order valence-corrected chi connectivity index (χ3v) is 3.24. The molecule has 0 aromatic carbocycles. The third-order valence-electron chi connectivity index (χ3n) is 3.24. The van der Waals surface area contributed by atoms with Crippen LogP contribution in [0.25, 0.3) is 0 Å². The molecule has 0 spiro atoms. The van der Waals surface area contributed by atoms with Gasteiger partial charge in [0.2, 0.25) is 5.91 Å². The smallest absolute Gasteiger partial charge is 0.225 e. The van der Waals surface area contributed by atoms with Gasteiger partial charge in [-0.15, -0.1) is 0 Å². The number of amides is 1. The van der Waals surface area contributed by atoms with Gasteiger partial charge in [-0.1, -0.05) is 12.1 Å². The lowest BCUT2D eigenvalue weighted by Crippen LogP contribution is -2.35. The minimum atomic E-state index is -0.000858. The molecule has 1 amide bonds. The van der Waals surface area contributed by atoms with E-state index in [2.05, 4.69) is 10.5 Å². The fourth-order valence-corrected chi connectivity index (χ4v) is 2.17. The first kappa shape index (κ1) is 14.8. The molecule has 18 heavy (non-hydrogen) atoms. The van der Waals surface area contributed by atoms with Crippen LogP contribution in [0.3, 0.4) is 0 Å². The topological polar surface area (TPSA) is 96.9 Å². The molecule has 2 unspecified atom stereocenters. The molecule has 6 heteroatoms. The molecule has 1 fully saturated rings. The van der Waals surface area contributed by atoms with Crippen molar-refractivity contribution in [1.29, 1.82) is 0 Å². The zero-order chi connectivity index (χ0) is 13.4. The molecule has 1 aliphatic heterocycles. The average molecular weight is 257 g/mol. The van der Waals surface area contributed by atoms with Crippen molar-refractivity contribution in [1.82, 2.24) is 5.32 Å². The predicted octanol–water partition coefficient (Wildman–Crippen LogP) is 0.834. The van der Waals surface area contributed by atoms with Crippen LogP contribution in [0.2, 0.25) is 0 Å². The van der Waals surface area contributed by atoms with Crippen molar-refractivity contribution in [2.45, 2.75) is 45.1 Å². The minimum absolute atomic E-state index is 0.000858. The predicted molar refractivity (Wildman–Crippen MR) is 68.4 cm³/mol. The fourth-order valence-electron chi connectivity index (χ4n) is 2.17. The van der Waals surface area contributed by atoms with Crippen molar-refractivity contribution in [2.75, 3.05) is 13.2 Å². The van der Waals surface area contributed by atoms with Crippen LogP contribution in [0.15, 0.2) is 5.16 Å². The van der Waals surface area contributed by atoms with E-state index >= 15 is 0 Å². The highest BCUT2D eigenvalue weighted by molar-refractivity contribution is 5.80. The largest absolute Gasteiger partial charge is 0.409 e. The van der Waals surface area contributed by atoms with Crippen LogP contribution < -0.4 is 11.1 Å². The van der Waals surface area contributed by atoms with Crippen molar-refractivity contribution >= 4 is 11.7 Å². The number of amidine groups is 1. The zero-order valence-electron chi connectivity index (χ0n) is 10.9. The number of rotatable bonds is 7. The van der Waals surface area contributed by atoms with E-state index in [1.807, 2.05) is 6.92 Å². The zero-order valence-corrected chi connectivity index (χ0v) is 10.9. The molecule has 0 bridgehead atoms. The van der Waals surface area contributed by atoms with E-state index < -0.39 is 0 Å². The van der Waals surface area contributed by atoms with Gasteiger partial charge in [-0.05, 0) is 25.7 Å². The maximum Gasteiger partial charge on any atom is 0.225 e. The Hall–Kier alpha value is -1.30. The van der Waals surface area contributed by atoms with Gasteiger partial charge in [0, 0.05) is 19.6 Å². The Morgan fingerprint density at radius 3 is 3.00 bits per heavy atom. The van der Waals surface area contributed by atoms with Crippen LogP contribution in [-0.4, -0.2) is 36.2 Å². The highest BCUT2D eigenvalue weighted by Crippen LogP contribution is 2.23. The maximum atomic E-state index is 11.9. The van der Waals surface area contributed by atoms with Crippen molar-refractivity contribution in [3.05, 3.63) is 0 Å². The number of carbonyl (C=O) groups is 1. The Kier molecular flexibility index (Phi) is 6.49. The first-order chi connectivity index (χ1) is 8.69. The van der Waals surface area contributed by atoms with Gasteiger partial charge in [-0.3, -0.25) is 4.79 Å². The summed E-state index contributed by atoms with van der Waals surface area (Å²) < 4.78 is 5.49. The molecule has 6 nitrogen and oxygen atoms in total. The van der Waals surface area contributed by atoms with Crippen molar-refractivity contribution in [2.24, 2.45) is 16.8 Å². The van der Waals surface area contributed by atoms with Crippen LogP contribution in [-0.2, 0) is 9.53 Å². The van der Waals surface area contributed by atoms with E-state index in [-0.39, 0.29) is 23.8 Å². The lowest BCUT2D eigenvalue weighted by molar-refractivity contribution is -0.126. The van der Waals surface area contributed by atoms with Crippen LogP contribution in [0, 0.1) is 5.92 Å². The van der Waals surface area contributed by atoms with Gasteiger partial charge >= 0.3 is 0 Å². The van der Waals surface area contributed by atoms with Crippen LogP contribution in [0.1, 0.15) is 39.0 Å². The van der Waals surface area contributed by atoms with E-state index in [9.17, 15) is 4.79 Å². The minimum Gasteiger partial charge on any atom is -0.409 e. The fraction of sp³-hybridized carbons (Fsp3) is 0.833. The lowest BCUT2D eigenvalue weighted by atomic mass is 9.99. The van der Waals surface area contributed by atoms with Gasteiger partial charge in [-0.2, -0.15) is 0 Å². The van der Waals surface area contributed by atoms with Crippen LogP contribution in [0.4, 0.5) is 0 Å². The van der Waals surface area contributed by atoms with Crippen LogP contribution >= 0.6 is 0 Å². The number of nitrogens with two attached hydrogens (primary N) is 1. The van der Waals surface area contributed by atoms with Gasteiger partial charge in [0.25, 0.3) is 0 Å². The SMILES string of the molecule is CCC1OCCC1C(=O)NCCCCC(N)=NO. The van der Waals surface area contributed by atoms with Gasteiger partial charge in [0.05, 0.1) is 12.0 Å². The second-order valence-corrected chi connectivity index (χ2v) is 4.55. The second kappa shape index (κ2) is 7.92. The Balaban J connectivity index is 2.13. The van der Waals surface area contributed by atoms with E-state index in [1.165, 1.54) is 0 Å². The number of hydrogen-bond donors (Lipinski definition) is 3. The number of nitrogens with one attached hydrogen (secondary N) is 1. The number of oxime groups is 1. The molecule has 1 rings (SSSR count). The molecule has 0 aromatic rings. The Bertz CT molecular complexity index is 294. The van der Waals surface area contributed by atoms with E-state index in [0.717, 1.165) is 25.7 Å². The van der Waals surface area contributed by atoms with Crippen LogP contribution in [0.5, 0.6) is 0 Å². The van der Waals surface area contributed by atoms with E-state index in [4.69, 9.17) is 15.7 Å². The number of carbonyl (C=O) groups excluding carboxylic acids is 1. The molecule has 1 saturated heterocycles. The normalized spacial score (nSPS) is 24.2. The third kappa shape index (κ3) is 4.52. The summed E-state index contributed by atoms with van der Waals surface area (Å²) in [6.45, 7) is 3.35. The van der Waals surface area contributed by atoms with Crippen molar-refractivity contribution in [3.8, 4) is 0 Å². The summed E-state index contributed by atoms with van der Waals surface area (Å²) in [6.07, 6.45) is 3.94. The average Bonchev–Trinajstić information content (AvgIpc) is 2.86. The number of hydrogen-bond acceptors (Lipinski definition) is 4. The first-order valence-corrected chi connectivity index (χ1v) is 6.54. The molecule has 1 heterocycles. The summed E-state index contributed by atoms with van der Waals surface area (Å²) in [5, 5.41) is 14.2. The molecule has 0 saturated carbocycles. The molecule has 4 N–H and O–H groups in total. The first-order valence-electron chi connectivity index (χ1n) is 6.54. The van der Waals surface area contributed by atoms with Crippen molar-refractivity contribution < 1.29 is 14.7 Å². The highest BCUT2D eigenvalue weighted by atomic mass is 16.5. The molecule has 104 valence electrons. The second-order valence-electron chi connectivity index (χ2n) is 4.55. The highest BCUT2D eigenvalue weighted by Gasteiger charge is 2.32. The van der Waals surface area contributed by atoms with Gasteiger partial charge in [-0.25, -0.2) is 0 Å². The Labute approximate surface area is 108 Å². The summed E-state index contributed by atoms with van der Waals surface area (Å²) in [7, 11) is 0.